The maximum atomic E-state index is 13.0. The average Bonchev–Trinajstić information content (AvgIpc) is 3.20. The quantitative estimate of drug-likeness (QED) is 0.508. The Bertz CT molecular complexity index is 1190. The minimum absolute atomic E-state index is 0.0480. The van der Waals surface area contributed by atoms with E-state index >= 15 is 0 Å². The van der Waals surface area contributed by atoms with Gasteiger partial charge in [0.1, 0.15) is 13.2 Å². The highest BCUT2D eigenvalue weighted by molar-refractivity contribution is 7.78. The van der Waals surface area contributed by atoms with Crippen LogP contribution in [-0.4, -0.2) is 39.8 Å². The lowest BCUT2D eigenvalue weighted by molar-refractivity contribution is -0.150. The van der Waals surface area contributed by atoms with Gasteiger partial charge in [-0.25, -0.2) is 13.8 Å². The summed E-state index contributed by atoms with van der Waals surface area (Å²) < 4.78 is 29.5. The number of hydrogen-bond acceptors (Lipinski definition) is 6. The molecule has 0 saturated carbocycles. The van der Waals surface area contributed by atoms with Crippen LogP contribution in [0.1, 0.15) is 29.0 Å². The zero-order chi connectivity index (χ0) is 23.5. The van der Waals surface area contributed by atoms with Crippen molar-refractivity contribution in [3.05, 3.63) is 95.6 Å². The maximum Gasteiger partial charge on any atom is 0.424 e. The van der Waals surface area contributed by atoms with Gasteiger partial charge in [0, 0.05) is 12.3 Å². The van der Waals surface area contributed by atoms with E-state index in [1.165, 1.54) is 0 Å². The van der Waals surface area contributed by atoms with Crippen LogP contribution >= 0.6 is 0 Å². The summed E-state index contributed by atoms with van der Waals surface area (Å²) in [6.07, 6.45) is -0.703. The minimum Gasteiger partial charge on any atom is -0.459 e. The van der Waals surface area contributed by atoms with Crippen LogP contribution in [0, 0.1) is 0 Å². The zero-order valence-corrected chi connectivity index (χ0v) is 19.1. The molecule has 0 bridgehead atoms. The summed E-state index contributed by atoms with van der Waals surface area (Å²) in [5, 5.41) is 0. The predicted molar refractivity (Wildman–Crippen MR) is 126 cm³/mol. The topological polar surface area (TPSA) is 82.1 Å². The Labute approximate surface area is 200 Å². The Balaban J connectivity index is 1.29. The number of hydrogen-bond donors (Lipinski definition) is 0. The van der Waals surface area contributed by atoms with E-state index in [1.807, 2.05) is 78.9 Å². The number of rotatable bonds is 5. The molecule has 0 unspecified atom stereocenters. The molecule has 0 N–H and O–H groups in total. The van der Waals surface area contributed by atoms with Crippen LogP contribution in [0.15, 0.2) is 78.9 Å². The lowest BCUT2D eigenvalue weighted by Gasteiger charge is -2.31. The van der Waals surface area contributed by atoms with Crippen LogP contribution in [0.4, 0.5) is 4.79 Å². The molecule has 5 rings (SSSR count). The largest absolute Gasteiger partial charge is 0.459 e. The van der Waals surface area contributed by atoms with E-state index in [2.05, 4.69) is 0 Å². The molecule has 2 atom stereocenters. The van der Waals surface area contributed by atoms with Crippen molar-refractivity contribution in [2.24, 2.45) is 0 Å². The van der Waals surface area contributed by atoms with Gasteiger partial charge < -0.3 is 9.47 Å². The molecule has 1 aliphatic heterocycles. The number of benzene rings is 3. The first-order valence-corrected chi connectivity index (χ1v) is 12.1. The van der Waals surface area contributed by atoms with E-state index in [4.69, 9.17) is 13.7 Å². The first kappa shape index (κ1) is 22.3. The summed E-state index contributed by atoms with van der Waals surface area (Å²) in [7, 11) is 0. The molecule has 1 saturated heterocycles. The number of fused-ring (bicyclic) bond motifs is 3. The van der Waals surface area contributed by atoms with E-state index in [0.717, 1.165) is 32.1 Å². The molecule has 1 amide bonds. The molecule has 34 heavy (non-hydrogen) atoms. The van der Waals surface area contributed by atoms with E-state index < -0.39 is 29.4 Å². The molecule has 8 heteroatoms. The van der Waals surface area contributed by atoms with Gasteiger partial charge in [-0.2, -0.15) is 4.31 Å². The van der Waals surface area contributed by atoms with E-state index in [1.54, 1.807) is 0 Å². The fourth-order valence-corrected chi connectivity index (χ4v) is 5.32. The van der Waals surface area contributed by atoms with E-state index in [-0.39, 0.29) is 32.2 Å². The average molecular weight is 478 g/mol. The number of nitrogens with zero attached hydrogens (tertiary/aromatic N) is 1. The molecule has 1 aliphatic carbocycles. The Morgan fingerprint density at radius 3 is 2.18 bits per heavy atom. The van der Waals surface area contributed by atoms with Gasteiger partial charge in [0.25, 0.3) is 11.3 Å². The van der Waals surface area contributed by atoms with Crippen LogP contribution in [0.25, 0.3) is 11.1 Å². The Morgan fingerprint density at radius 1 is 0.882 bits per heavy atom. The highest BCUT2D eigenvalue weighted by Gasteiger charge is 2.41. The van der Waals surface area contributed by atoms with Crippen molar-refractivity contribution in [3.63, 3.8) is 0 Å². The van der Waals surface area contributed by atoms with Gasteiger partial charge in [-0.05, 0) is 27.8 Å². The standard InChI is InChI=1S/C26H23NO6S/c28-25(31-16-18-8-2-1-3-9-18)24-14-15-33-34(30)27(24)26(29)32-17-23-21-12-6-4-10-19(21)20-11-5-7-13-22(20)23/h1-13,23-24H,14-17H2/t24-,34-/m0/s1. The Hall–Kier alpha value is -3.49. The number of amides is 1. The summed E-state index contributed by atoms with van der Waals surface area (Å²) in [5.41, 5.74) is 5.15. The molecule has 2 aliphatic rings. The van der Waals surface area contributed by atoms with Gasteiger partial charge in [0.2, 0.25) is 0 Å². The Morgan fingerprint density at radius 2 is 1.50 bits per heavy atom. The minimum atomic E-state index is -2.14. The second kappa shape index (κ2) is 9.79. The van der Waals surface area contributed by atoms with E-state index in [9.17, 15) is 13.8 Å². The van der Waals surface area contributed by atoms with Crippen LogP contribution in [0.2, 0.25) is 0 Å². The molecule has 0 radical (unpaired) electrons. The van der Waals surface area contributed by atoms with E-state index in [0.29, 0.717) is 0 Å². The lowest BCUT2D eigenvalue weighted by atomic mass is 9.98. The van der Waals surface area contributed by atoms with Crippen molar-refractivity contribution in [2.45, 2.75) is 25.0 Å². The monoisotopic (exact) mass is 477 g/mol. The summed E-state index contributed by atoms with van der Waals surface area (Å²) >= 11 is -2.14. The normalized spacial score (nSPS) is 19.2. The predicted octanol–water partition coefficient (Wildman–Crippen LogP) is 4.35. The van der Waals surface area contributed by atoms with Crippen molar-refractivity contribution in [2.75, 3.05) is 13.2 Å². The molecule has 174 valence electrons. The van der Waals surface area contributed by atoms with Crippen LogP contribution < -0.4 is 0 Å². The molecular formula is C26H23NO6S. The van der Waals surface area contributed by atoms with Crippen LogP contribution in [0.5, 0.6) is 0 Å². The smallest absolute Gasteiger partial charge is 0.424 e. The van der Waals surface area contributed by atoms with Crippen molar-refractivity contribution in [3.8, 4) is 11.1 Å². The van der Waals surface area contributed by atoms with Gasteiger partial charge >= 0.3 is 12.1 Å². The SMILES string of the molecule is O=C(OCc1ccccc1)[C@@H]1CCO[S@](=O)N1C(=O)OCC1c2ccccc2-c2ccccc21. The summed E-state index contributed by atoms with van der Waals surface area (Å²) in [6.45, 7) is 0.180. The first-order chi connectivity index (χ1) is 16.6. The van der Waals surface area contributed by atoms with Crippen molar-refractivity contribution < 1.29 is 27.5 Å². The molecule has 1 fully saturated rings. The lowest BCUT2D eigenvalue weighted by Crippen LogP contribution is -2.51. The van der Waals surface area contributed by atoms with Crippen molar-refractivity contribution in [1.29, 1.82) is 0 Å². The molecule has 0 aromatic heterocycles. The molecule has 0 spiro atoms. The molecule has 7 nitrogen and oxygen atoms in total. The zero-order valence-electron chi connectivity index (χ0n) is 18.3. The van der Waals surface area contributed by atoms with Crippen molar-refractivity contribution in [1.82, 2.24) is 4.31 Å². The number of ether oxygens (including phenoxy) is 2. The van der Waals surface area contributed by atoms with Gasteiger partial charge in [-0.15, -0.1) is 0 Å². The third-order valence-corrected chi connectivity index (χ3v) is 7.12. The van der Waals surface area contributed by atoms with Gasteiger partial charge in [-0.1, -0.05) is 78.9 Å². The van der Waals surface area contributed by atoms with Gasteiger partial charge in [0.05, 0.1) is 6.61 Å². The summed E-state index contributed by atoms with van der Waals surface area (Å²) in [6, 6.07) is 24.1. The highest BCUT2D eigenvalue weighted by Crippen LogP contribution is 2.44. The maximum absolute atomic E-state index is 13.0. The second-order valence-electron chi connectivity index (χ2n) is 8.07. The molecule has 3 aromatic rings. The van der Waals surface area contributed by atoms with Gasteiger partial charge in [0.15, 0.2) is 6.04 Å². The fourth-order valence-electron chi connectivity index (χ4n) is 4.39. The Kier molecular flexibility index (Phi) is 6.42. The summed E-state index contributed by atoms with van der Waals surface area (Å²) in [4.78, 5) is 25.8. The number of carbonyl (C=O) groups is 2. The highest BCUT2D eigenvalue weighted by atomic mass is 32.2. The number of carbonyl (C=O) groups excluding carboxylic acids is 2. The second-order valence-corrected chi connectivity index (χ2v) is 9.13. The van der Waals surface area contributed by atoms with Gasteiger partial charge in [-0.3, -0.25) is 4.18 Å². The fraction of sp³-hybridized carbons (Fsp3) is 0.231. The van der Waals surface area contributed by atoms with Crippen molar-refractivity contribution >= 4 is 23.3 Å². The first-order valence-electron chi connectivity index (χ1n) is 11.0. The number of esters is 1. The molecule has 1 heterocycles. The molecular weight excluding hydrogens is 454 g/mol. The van der Waals surface area contributed by atoms with Crippen LogP contribution in [-0.2, 0) is 36.3 Å². The molecule has 3 aromatic carbocycles. The van der Waals surface area contributed by atoms with Crippen LogP contribution in [0.3, 0.4) is 0 Å². The third-order valence-electron chi connectivity index (χ3n) is 6.03. The summed E-state index contributed by atoms with van der Waals surface area (Å²) in [5.74, 6) is -0.798. The third kappa shape index (κ3) is 4.34.